The van der Waals surface area contributed by atoms with Crippen LogP contribution in [0.1, 0.15) is 77.1 Å². The maximum atomic E-state index is 14.4. The predicted octanol–water partition coefficient (Wildman–Crippen LogP) is 5.20. The van der Waals surface area contributed by atoms with Gasteiger partial charge in [-0.25, -0.2) is 4.79 Å². The molecule has 5 atom stereocenters. The summed E-state index contributed by atoms with van der Waals surface area (Å²) in [7, 11) is 0. The highest BCUT2D eigenvalue weighted by Crippen LogP contribution is 2.41. The monoisotopic (exact) mass is 531 g/mol. The fourth-order valence-electron chi connectivity index (χ4n) is 4.62. The molecule has 7 heteroatoms. The maximum absolute atomic E-state index is 14.4. The lowest BCUT2D eigenvalue weighted by Gasteiger charge is -2.37. The van der Waals surface area contributed by atoms with Crippen LogP contribution in [0.3, 0.4) is 0 Å². The molecule has 1 saturated carbocycles. The van der Waals surface area contributed by atoms with E-state index in [1.54, 1.807) is 37.8 Å². The number of hydrogen-bond acceptors (Lipinski definition) is 4. The molecule has 2 N–H and O–H groups in total. The van der Waals surface area contributed by atoms with Crippen molar-refractivity contribution in [2.75, 3.05) is 0 Å². The number of amides is 3. The highest BCUT2D eigenvalue weighted by atomic mass is 16.6. The molecule has 3 amide bonds. The summed E-state index contributed by atoms with van der Waals surface area (Å²) in [4.78, 5) is 42.8. The van der Waals surface area contributed by atoms with E-state index < -0.39 is 23.8 Å². The minimum absolute atomic E-state index is 0.164. The van der Waals surface area contributed by atoms with Crippen LogP contribution < -0.4 is 10.6 Å². The zero-order valence-electron chi connectivity index (χ0n) is 23.9. The second-order valence-corrected chi connectivity index (χ2v) is 11.4. The first-order valence-electron chi connectivity index (χ1n) is 13.7. The van der Waals surface area contributed by atoms with Crippen molar-refractivity contribution in [2.24, 2.45) is 11.8 Å². The van der Waals surface area contributed by atoms with Gasteiger partial charge in [0.1, 0.15) is 17.7 Å². The van der Waals surface area contributed by atoms with E-state index in [-0.39, 0.29) is 29.7 Å². The Labute approximate surface area is 232 Å². The van der Waals surface area contributed by atoms with Crippen LogP contribution in [-0.2, 0) is 20.9 Å². The molecule has 2 aromatic rings. The number of hydrogen-bond donors (Lipinski definition) is 2. The van der Waals surface area contributed by atoms with Crippen molar-refractivity contribution in [2.45, 2.75) is 84.7 Å². The summed E-state index contributed by atoms with van der Waals surface area (Å²) in [5.74, 6) is 2.04. The normalized spacial score (nSPS) is 18.6. The van der Waals surface area contributed by atoms with E-state index in [0.29, 0.717) is 24.1 Å². The first-order valence-corrected chi connectivity index (χ1v) is 13.7. The van der Waals surface area contributed by atoms with Crippen LogP contribution in [0.25, 0.3) is 0 Å². The third-order valence-corrected chi connectivity index (χ3v) is 7.08. The highest BCUT2D eigenvalue weighted by molar-refractivity contribution is 5.93. The predicted molar refractivity (Wildman–Crippen MR) is 152 cm³/mol. The average molecular weight is 532 g/mol. The molecule has 0 radical (unpaired) electrons. The topological polar surface area (TPSA) is 87.7 Å². The first kappa shape index (κ1) is 29.8. The lowest BCUT2D eigenvalue weighted by molar-refractivity contribution is -0.144. The van der Waals surface area contributed by atoms with Crippen LogP contribution in [0, 0.1) is 24.2 Å². The summed E-state index contributed by atoms with van der Waals surface area (Å²) in [5, 5.41) is 5.83. The Morgan fingerprint density at radius 1 is 1.10 bits per heavy atom. The van der Waals surface area contributed by atoms with Crippen molar-refractivity contribution in [1.29, 1.82) is 0 Å². The number of alkyl carbamates (subject to hydrolysis) is 1. The van der Waals surface area contributed by atoms with Gasteiger partial charge in [-0.3, -0.25) is 9.59 Å². The van der Waals surface area contributed by atoms with Crippen molar-refractivity contribution < 1.29 is 19.1 Å². The van der Waals surface area contributed by atoms with Crippen LogP contribution in [-0.4, -0.2) is 40.5 Å². The zero-order chi connectivity index (χ0) is 28.7. The molecule has 39 heavy (non-hydrogen) atoms. The van der Waals surface area contributed by atoms with Gasteiger partial charge in [-0.15, -0.1) is 6.42 Å². The minimum Gasteiger partial charge on any atom is -0.444 e. The number of nitrogens with one attached hydrogen (secondary N) is 2. The van der Waals surface area contributed by atoms with E-state index in [0.717, 1.165) is 12.0 Å². The SMILES string of the molecule is C#Cc1ccccc1C(C(=O)NCc1ccccc1)N(C(=O)C(NC(=O)OC(C)(C)C)C(C)CC)C1CC1C. The molecular weight excluding hydrogens is 490 g/mol. The van der Waals surface area contributed by atoms with Gasteiger partial charge in [0.25, 0.3) is 0 Å². The van der Waals surface area contributed by atoms with Crippen molar-refractivity contribution >= 4 is 17.9 Å². The summed E-state index contributed by atoms with van der Waals surface area (Å²) in [5.41, 5.74) is 1.35. The minimum atomic E-state index is -0.963. The van der Waals surface area contributed by atoms with Gasteiger partial charge >= 0.3 is 6.09 Å². The Balaban J connectivity index is 2.03. The molecule has 0 bridgehead atoms. The van der Waals surface area contributed by atoms with Gasteiger partial charge in [0.05, 0.1) is 0 Å². The number of benzene rings is 2. The lowest BCUT2D eigenvalue weighted by Crippen LogP contribution is -2.56. The number of carbonyl (C=O) groups is 3. The van der Waals surface area contributed by atoms with E-state index in [1.165, 1.54) is 0 Å². The quantitative estimate of drug-likeness (QED) is 0.413. The molecule has 1 aliphatic rings. The Bertz CT molecular complexity index is 1200. The van der Waals surface area contributed by atoms with Crippen molar-refractivity contribution in [3.05, 3.63) is 71.3 Å². The number of carbonyl (C=O) groups excluding carboxylic acids is 3. The molecule has 2 aromatic carbocycles. The van der Waals surface area contributed by atoms with Gasteiger partial charge in [0.15, 0.2) is 0 Å². The summed E-state index contributed by atoms with van der Waals surface area (Å²) >= 11 is 0. The third kappa shape index (κ3) is 7.86. The van der Waals surface area contributed by atoms with Crippen molar-refractivity contribution in [1.82, 2.24) is 15.5 Å². The fraction of sp³-hybridized carbons (Fsp3) is 0.469. The molecule has 5 unspecified atom stereocenters. The number of rotatable bonds is 10. The van der Waals surface area contributed by atoms with Gasteiger partial charge in [-0.1, -0.05) is 81.6 Å². The van der Waals surface area contributed by atoms with Crippen molar-refractivity contribution in [3.8, 4) is 12.3 Å². The molecule has 0 spiro atoms. The molecule has 3 rings (SSSR count). The summed E-state index contributed by atoms with van der Waals surface area (Å²) in [6.07, 6.45) is 6.58. The van der Waals surface area contributed by atoms with Gasteiger partial charge in [-0.05, 0) is 56.2 Å². The molecular formula is C32H41N3O4. The van der Waals surface area contributed by atoms with E-state index in [4.69, 9.17) is 11.2 Å². The Morgan fingerprint density at radius 2 is 1.72 bits per heavy atom. The molecule has 208 valence electrons. The Hall–Kier alpha value is -3.79. The van der Waals surface area contributed by atoms with Crippen LogP contribution in [0.5, 0.6) is 0 Å². The molecule has 0 aromatic heterocycles. The number of ether oxygens (including phenoxy) is 1. The van der Waals surface area contributed by atoms with Crippen LogP contribution in [0.4, 0.5) is 4.79 Å². The molecule has 0 aliphatic heterocycles. The van der Waals surface area contributed by atoms with E-state index in [1.807, 2.05) is 56.3 Å². The third-order valence-electron chi connectivity index (χ3n) is 7.08. The second kappa shape index (κ2) is 12.8. The van der Waals surface area contributed by atoms with Crippen molar-refractivity contribution in [3.63, 3.8) is 0 Å². The van der Waals surface area contributed by atoms with E-state index in [2.05, 4.69) is 23.5 Å². The van der Waals surface area contributed by atoms with Crippen LogP contribution in [0.15, 0.2) is 54.6 Å². The standard InChI is InChI=1S/C32H41N3O4/c1-8-21(3)27(34-31(38)39-32(5,6)7)30(37)35(26-19-22(26)4)28(25-18-14-13-17-24(25)9-2)29(36)33-20-23-15-11-10-12-16-23/h2,10-18,21-22,26-28H,8,19-20H2,1,3-7H3,(H,33,36)(H,34,38). The van der Waals surface area contributed by atoms with Gasteiger partial charge < -0.3 is 20.3 Å². The number of nitrogens with zero attached hydrogens (tertiary/aromatic N) is 1. The molecule has 0 saturated heterocycles. The molecule has 1 aliphatic carbocycles. The average Bonchev–Trinajstić information content (AvgIpc) is 3.63. The van der Waals surface area contributed by atoms with Gasteiger partial charge in [-0.2, -0.15) is 0 Å². The second-order valence-electron chi connectivity index (χ2n) is 11.4. The van der Waals surface area contributed by atoms with Gasteiger partial charge in [0.2, 0.25) is 11.8 Å². The first-order chi connectivity index (χ1) is 18.5. The Kier molecular flexibility index (Phi) is 9.80. The molecule has 7 nitrogen and oxygen atoms in total. The summed E-state index contributed by atoms with van der Waals surface area (Å²) in [6, 6.07) is 14.8. The zero-order valence-corrected chi connectivity index (χ0v) is 23.9. The smallest absolute Gasteiger partial charge is 0.408 e. The van der Waals surface area contributed by atoms with E-state index >= 15 is 0 Å². The lowest BCUT2D eigenvalue weighted by atomic mass is 9.94. The van der Waals surface area contributed by atoms with Crippen LogP contribution in [0.2, 0.25) is 0 Å². The molecule has 0 heterocycles. The largest absolute Gasteiger partial charge is 0.444 e. The molecule has 1 fully saturated rings. The summed E-state index contributed by atoms with van der Waals surface area (Å²) < 4.78 is 5.48. The Morgan fingerprint density at radius 3 is 2.28 bits per heavy atom. The van der Waals surface area contributed by atoms with Crippen LogP contribution >= 0.6 is 0 Å². The number of terminal acetylenes is 1. The maximum Gasteiger partial charge on any atom is 0.408 e. The highest BCUT2D eigenvalue weighted by Gasteiger charge is 2.49. The summed E-state index contributed by atoms with van der Waals surface area (Å²) in [6.45, 7) is 11.5. The van der Waals surface area contributed by atoms with E-state index in [9.17, 15) is 14.4 Å². The van der Waals surface area contributed by atoms with Gasteiger partial charge in [0, 0.05) is 18.2 Å². The fourth-order valence-corrected chi connectivity index (χ4v) is 4.62.